The quantitative estimate of drug-likeness (QED) is 0.819. The predicted molar refractivity (Wildman–Crippen MR) is 99.5 cm³/mol. The van der Waals surface area contributed by atoms with E-state index in [0.717, 1.165) is 43.2 Å². The Kier molecular flexibility index (Phi) is 5.84. The van der Waals surface area contributed by atoms with Gasteiger partial charge in [-0.2, -0.15) is 0 Å². The highest BCUT2D eigenvalue weighted by Crippen LogP contribution is 2.38. The van der Waals surface area contributed by atoms with E-state index in [9.17, 15) is 5.11 Å². The fourth-order valence-corrected chi connectivity index (χ4v) is 3.82. The zero-order valence-electron chi connectivity index (χ0n) is 14.4. The molecule has 0 saturated carbocycles. The van der Waals surface area contributed by atoms with Gasteiger partial charge in [0.05, 0.1) is 7.11 Å². The summed E-state index contributed by atoms with van der Waals surface area (Å²) < 4.78 is 10.7. The zero-order chi connectivity index (χ0) is 17.7. The molecule has 0 spiro atoms. The molecule has 0 aromatic heterocycles. The van der Waals surface area contributed by atoms with Crippen LogP contribution in [-0.2, 0) is 16.7 Å². The molecular formula is C20H24ClNO3. The first-order valence-electron chi connectivity index (χ1n) is 8.54. The Hall–Kier alpha value is -1.75. The summed E-state index contributed by atoms with van der Waals surface area (Å²) in [5.41, 5.74) is 2.18. The molecule has 5 heteroatoms. The van der Waals surface area contributed by atoms with Crippen molar-refractivity contribution < 1.29 is 14.6 Å². The summed E-state index contributed by atoms with van der Waals surface area (Å²) in [6.45, 7) is 2.98. The van der Waals surface area contributed by atoms with Gasteiger partial charge in [-0.15, -0.1) is 0 Å². The highest BCUT2D eigenvalue weighted by molar-refractivity contribution is 6.31. The molecule has 2 N–H and O–H groups in total. The standard InChI is InChI=1S/C20H24ClNO3/c1-24-19-7-6-15(12-18(19)23)13-22-14-20(8-10-25-11-9-20)16-4-2-3-5-17(16)21/h2-7,12,22-23H,8-11,13-14H2,1H3. The van der Waals surface area contributed by atoms with Crippen molar-refractivity contribution in [2.75, 3.05) is 26.9 Å². The van der Waals surface area contributed by atoms with Crippen molar-refractivity contribution in [3.8, 4) is 11.5 Å². The number of halogens is 1. The highest BCUT2D eigenvalue weighted by atomic mass is 35.5. The zero-order valence-corrected chi connectivity index (χ0v) is 15.2. The maximum atomic E-state index is 9.92. The van der Waals surface area contributed by atoms with E-state index in [-0.39, 0.29) is 11.2 Å². The highest BCUT2D eigenvalue weighted by Gasteiger charge is 2.35. The normalized spacial score (nSPS) is 16.6. The van der Waals surface area contributed by atoms with Gasteiger partial charge in [-0.1, -0.05) is 35.9 Å². The SMILES string of the molecule is COc1ccc(CNCC2(c3ccccc3Cl)CCOCC2)cc1O. The first-order chi connectivity index (χ1) is 12.1. The predicted octanol–water partition coefficient (Wildman–Crippen LogP) is 3.89. The molecule has 0 unspecified atom stereocenters. The number of rotatable bonds is 6. The molecule has 0 atom stereocenters. The molecule has 4 nitrogen and oxygen atoms in total. The maximum Gasteiger partial charge on any atom is 0.160 e. The Bertz CT molecular complexity index is 714. The molecule has 134 valence electrons. The number of hydrogen-bond donors (Lipinski definition) is 2. The Morgan fingerprint density at radius 2 is 1.96 bits per heavy atom. The van der Waals surface area contributed by atoms with E-state index >= 15 is 0 Å². The van der Waals surface area contributed by atoms with Gasteiger partial charge in [0.25, 0.3) is 0 Å². The van der Waals surface area contributed by atoms with Crippen LogP contribution in [0.3, 0.4) is 0 Å². The van der Waals surface area contributed by atoms with E-state index in [1.54, 1.807) is 19.2 Å². The number of hydrogen-bond acceptors (Lipinski definition) is 4. The lowest BCUT2D eigenvalue weighted by Crippen LogP contribution is -2.42. The van der Waals surface area contributed by atoms with Gasteiger partial charge in [0.15, 0.2) is 11.5 Å². The summed E-state index contributed by atoms with van der Waals surface area (Å²) in [6.07, 6.45) is 1.88. The van der Waals surface area contributed by atoms with E-state index in [1.165, 1.54) is 5.56 Å². The average Bonchev–Trinajstić information content (AvgIpc) is 2.63. The van der Waals surface area contributed by atoms with E-state index < -0.39 is 0 Å². The van der Waals surface area contributed by atoms with Crippen molar-refractivity contribution >= 4 is 11.6 Å². The van der Waals surface area contributed by atoms with Crippen LogP contribution in [0.25, 0.3) is 0 Å². The maximum absolute atomic E-state index is 9.92. The van der Waals surface area contributed by atoms with Crippen molar-refractivity contribution in [3.63, 3.8) is 0 Å². The summed E-state index contributed by atoms with van der Waals surface area (Å²) in [4.78, 5) is 0. The molecule has 1 saturated heterocycles. The molecule has 0 bridgehead atoms. The Morgan fingerprint density at radius 3 is 2.64 bits per heavy atom. The van der Waals surface area contributed by atoms with Gasteiger partial charge in [-0.25, -0.2) is 0 Å². The van der Waals surface area contributed by atoms with Crippen molar-refractivity contribution in [1.29, 1.82) is 0 Å². The number of phenols is 1. The number of methoxy groups -OCH3 is 1. The van der Waals surface area contributed by atoms with Gasteiger partial charge < -0.3 is 19.9 Å². The van der Waals surface area contributed by atoms with Crippen LogP contribution in [0.1, 0.15) is 24.0 Å². The third-order valence-corrected chi connectivity index (χ3v) is 5.26. The van der Waals surface area contributed by atoms with Gasteiger partial charge in [-0.05, 0) is 42.2 Å². The molecule has 25 heavy (non-hydrogen) atoms. The summed E-state index contributed by atoms with van der Waals surface area (Å²) in [7, 11) is 1.55. The van der Waals surface area contributed by atoms with Crippen LogP contribution in [0.15, 0.2) is 42.5 Å². The topological polar surface area (TPSA) is 50.7 Å². The molecule has 1 heterocycles. The van der Waals surface area contributed by atoms with Crippen molar-refractivity contribution in [2.24, 2.45) is 0 Å². The molecule has 2 aromatic carbocycles. The van der Waals surface area contributed by atoms with Crippen molar-refractivity contribution in [2.45, 2.75) is 24.8 Å². The minimum absolute atomic E-state index is 0.0227. The molecule has 1 aliphatic heterocycles. The second kappa shape index (κ2) is 8.09. The molecule has 1 fully saturated rings. The Morgan fingerprint density at radius 1 is 1.20 bits per heavy atom. The largest absolute Gasteiger partial charge is 0.504 e. The van der Waals surface area contributed by atoms with E-state index in [1.807, 2.05) is 24.3 Å². The van der Waals surface area contributed by atoms with Gasteiger partial charge in [-0.3, -0.25) is 0 Å². The van der Waals surface area contributed by atoms with E-state index in [0.29, 0.717) is 12.3 Å². The summed E-state index contributed by atoms with van der Waals surface area (Å²) in [5.74, 6) is 0.648. The van der Waals surface area contributed by atoms with Gasteiger partial charge in [0.1, 0.15) is 0 Å². The molecular weight excluding hydrogens is 338 g/mol. The monoisotopic (exact) mass is 361 g/mol. The van der Waals surface area contributed by atoms with Crippen LogP contribution in [-0.4, -0.2) is 32.0 Å². The fourth-order valence-electron chi connectivity index (χ4n) is 3.49. The van der Waals surface area contributed by atoms with E-state index in [2.05, 4.69) is 11.4 Å². The molecule has 0 radical (unpaired) electrons. The number of nitrogens with one attached hydrogen (secondary N) is 1. The second-order valence-corrected chi connectivity index (χ2v) is 6.89. The van der Waals surface area contributed by atoms with Crippen LogP contribution in [0.4, 0.5) is 0 Å². The first kappa shape index (κ1) is 18.1. The van der Waals surface area contributed by atoms with Gasteiger partial charge in [0.2, 0.25) is 0 Å². The van der Waals surface area contributed by atoms with Gasteiger partial charge in [0, 0.05) is 36.7 Å². The summed E-state index contributed by atoms with van der Waals surface area (Å²) in [5, 5.41) is 14.3. The molecule has 2 aromatic rings. The lowest BCUT2D eigenvalue weighted by atomic mass is 9.74. The summed E-state index contributed by atoms with van der Waals surface area (Å²) >= 11 is 6.48. The fraction of sp³-hybridized carbons (Fsp3) is 0.400. The molecule has 3 rings (SSSR count). The smallest absolute Gasteiger partial charge is 0.160 e. The molecule has 0 aliphatic carbocycles. The van der Waals surface area contributed by atoms with Crippen molar-refractivity contribution in [1.82, 2.24) is 5.32 Å². The lowest BCUT2D eigenvalue weighted by molar-refractivity contribution is 0.0498. The van der Waals surface area contributed by atoms with Crippen LogP contribution in [0.2, 0.25) is 5.02 Å². The van der Waals surface area contributed by atoms with Gasteiger partial charge >= 0.3 is 0 Å². The third kappa shape index (κ3) is 4.09. The number of benzene rings is 2. The number of phenolic OH excluding ortho intramolecular Hbond substituents is 1. The average molecular weight is 362 g/mol. The number of ether oxygens (including phenoxy) is 2. The summed E-state index contributed by atoms with van der Waals surface area (Å²) in [6, 6.07) is 13.6. The van der Waals surface area contributed by atoms with Crippen molar-refractivity contribution in [3.05, 3.63) is 58.6 Å². The second-order valence-electron chi connectivity index (χ2n) is 6.48. The molecule has 1 aliphatic rings. The Balaban J connectivity index is 1.72. The minimum atomic E-state index is -0.0227. The minimum Gasteiger partial charge on any atom is -0.504 e. The van der Waals surface area contributed by atoms with Crippen LogP contribution < -0.4 is 10.1 Å². The van der Waals surface area contributed by atoms with Crippen LogP contribution >= 0.6 is 11.6 Å². The molecule has 0 amide bonds. The van der Waals surface area contributed by atoms with Crippen LogP contribution in [0.5, 0.6) is 11.5 Å². The van der Waals surface area contributed by atoms with Crippen LogP contribution in [0, 0.1) is 0 Å². The Labute approximate surface area is 153 Å². The van der Waals surface area contributed by atoms with E-state index in [4.69, 9.17) is 21.1 Å². The number of aromatic hydroxyl groups is 1. The first-order valence-corrected chi connectivity index (χ1v) is 8.92. The third-order valence-electron chi connectivity index (χ3n) is 4.93. The lowest BCUT2D eigenvalue weighted by Gasteiger charge is -2.38.